The summed E-state index contributed by atoms with van der Waals surface area (Å²) in [5.41, 5.74) is 0.663. The highest BCUT2D eigenvalue weighted by Gasteiger charge is 2.16. The van der Waals surface area contributed by atoms with E-state index in [1.165, 1.54) is 0 Å². The van der Waals surface area contributed by atoms with E-state index in [1.54, 1.807) is 24.3 Å². The molecule has 0 saturated heterocycles. The molecular weight excluding hydrogens is 250 g/mol. The minimum Gasteiger partial charge on any atom is -0.492 e. The first-order valence-electron chi connectivity index (χ1n) is 5.89. The summed E-state index contributed by atoms with van der Waals surface area (Å²) in [4.78, 5) is 2.04. The third-order valence-electron chi connectivity index (χ3n) is 2.58. The van der Waals surface area contributed by atoms with E-state index < -0.39 is 12.2 Å². The third kappa shape index (κ3) is 4.86. The molecule has 2 N–H and O–H groups in total. The van der Waals surface area contributed by atoms with Crippen molar-refractivity contribution >= 4 is 12.6 Å². The van der Waals surface area contributed by atoms with Crippen molar-refractivity contribution in [3.05, 3.63) is 29.8 Å². The first-order valence-corrected chi connectivity index (χ1v) is 6.52. The van der Waals surface area contributed by atoms with Gasteiger partial charge in [0.05, 0.1) is 6.10 Å². The van der Waals surface area contributed by atoms with Gasteiger partial charge in [-0.05, 0) is 31.8 Å². The first-order chi connectivity index (χ1) is 8.54. The van der Waals surface area contributed by atoms with E-state index in [2.05, 4.69) is 12.6 Å². The highest BCUT2D eigenvalue weighted by molar-refractivity contribution is 7.80. The van der Waals surface area contributed by atoms with Crippen LogP contribution in [0.4, 0.5) is 0 Å². The lowest BCUT2D eigenvalue weighted by molar-refractivity contribution is 0.0337. The van der Waals surface area contributed by atoms with E-state index in [0.717, 1.165) is 12.3 Å². The molecule has 2 atom stereocenters. The molecule has 18 heavy (non-hydrogen) atoms. The highest BCUT2D eigenvalue weighted by Crippen LogP contribution is 2.20. The number of aliphatic hydroxyl groups is 2. The minimum atomic E-state index is -0.904. The number of aliphatic hydroxyl groups excluding tert-OH is 2. The van der Waals surface area contributed by atoms with Crippen LogP contribution in [0.15, 0.2) is 24.3 Å². The number of likely N-dealkylation sites (N-methyl/N-ethyl adjacent to an activating group) is 1. The van der Waals surface area contributed by atoms with Gasteiger partial charge in [-0.15, -0.1) is 0 Å². The number of rotatable bonds is 7. The van der Waals surface area contributed by atoms with E-state index in [9.17, 15) is 10.2 Å². The number of ether oxygens (including phenoxy) is 1. The summed E-state index contributed by atoms with van der Waals surface area (Å²) in [5.74, 6) is 0.982. The zero-order chi connectivity index (χ0) is 13.5. The second kappa shape index (κ2) is 7.63. The summed E-state index contributed by atoms with van der Waals surface area (Å²) in [6, 6.07) is 7.09. The maximum absolute atomic E-state index is 9.78. The van der Waals surface area contributed by atoms with Crippen LogP contribution in [-0.4, -0.2) is 54.2 Å². The Morgan fingerprint density at radius 2 is 1.83 bits per heavy atom. The van der Waals surface area contributed by atoms with Crippen molar-refractivity contribution in [1.82, 2.24) is 4.90 Å². The summed E-state index contributed by atoms with van der Waals surface area (Å²) < 4.78 is 5.54. The lowest BCUT2D eigenvalue weighted by Gasteiger charge is -2.16. The van der Waals surface area contributed by atoms with Crippen LogP contribution >= 0.6 is 12.6 Å². The molecule has 1 aromatic carbocycles. The summed E-state index contributed by atoms with van der Waals surface area (Å²) in [6.45, 7) is 1.47. The van der Waals surface area contributed by atoms with Crippen molar-refractivity contribution in [2.24, 2.45) is 0 Å². The van der Waals surface area contributed by atoms with Crippen molar-refractivity contribution in [1.29, 1.82) is 0 Å². The Morgan fingerprint density at radius 3 is 2.33 bits per heavy atom. The molecule has 0 aliphatic heterocycles. The second-order valence-corrected chi connectivity index (χ2v) is 4.78. The molecule has 0 radical (unpaired) electrons. The highest BCUT2D eigenvalue weighted by atomic mass is 32.1. The molecule has 1 rings (SSSR count). The molecule has 102 valence electrons. The number of hydrogen-bond donors (Lipinski definition) is 3. The number of hydrogen-bond acceptors (Lipinski definition) is 5. The zero-order valence-electron chi connectivity index (χ0n) is 10.8. The Morgan fingerprint density at radius 1 is 1.22 bits per heavy atom. The fraction of sp³-hybridized carbons (Fsp3) is 0.538. The van der Waals surface area contributed by atoms with Crippen LogP contribution in [-0.2, 0) is 0 Å². The Balaban J connectivity index is 2.52. The maximum Gasteiger partial charge on any atom is 0.119 e. The SMILES string of the molecule is CN(C)CCOc1ccc(C(O)C(O)CS)cc1. The Bertz CT molecular complexity index is 343. The molecule has 0 heterocycles. The fourth-order valence-electron chi connectivity index (χ4n) is 1.43. The zero-order valence-corrected chi connectivity index (χ0v) is 11.7. The molecule has 0 aliphatic carbocycles. The average Bonchev–Trinajstić information content (AvgIpc) is 2.37. The molecule has 2 unspecified atom stereocenters. The van der Waals surface area contributed by atoms with Crippen LogP contribution in [0, 0.1) is 0 Å². The van der Waals surface area contributed by atoms with Crippen molar-refractivity contribution in [3.8, 4) is 5.75 Å². The maximum atomic E-state index is 9.78. The molecular formula is C13H21NO3S. The predicted molar refractivity (Wildman–Crippen MR) is 75.3 cm³/mol. The summed E-state index contributed by atoms with van der Waals surface area (Å²) in [6.07, 6.45) is -1.76. The van der Waals surface area contributed by atoms with Crippen LogP contribution in [0.2, 0.25) is 0 Å². The number of nitrogens with zero attached hydrogens (tertiary/aromatic N) is 1. The van der Waals surface area contributed by atoms with E-state index in [1.807, 2.05) is 19.0 Å². The van der Waals surface area contributed by atoms with Crippen LogP contribution in [0.3, 0.4) is 0 Å². The monoisotopic (exact) mass is 271 g/mol. The fourth-order valence-corrected chi connectivity index (χ4v) is 1.63. The topological polar surface area (TPSA) is 52.9 Å². The van der Waals surface area contributed by atoms with Gasteiger partial charge in [-0.2, -0.15) is 12.6 Å². The molecule has 0 saturated carbocycles. The number of thiol groups is 1. The summed E-state index contributed by atoms with van der Waals surface area (Å²) in [5, 5.41) is 19.3. The second-order valence-electron chi connectivity index (χ2n) is 4.42. The largest absolute Gasteiger partial charge is 0.492 e. The third-order valence-corrected chi connectivity index (χ3v) is 2.95. The van der Waals surface area contributed by atoms with Crippen molar-refractivity contribution < 1.29 is 14.9 Å². The van der Waals surface area contributed by atoms with Gasteiger partial charge < -0.3 is 19.8 Å². The standard InChI is InChI=1S/C13H21NO3S/c1-14(2)7-8-17-11-5-3-10(4-6-11)13(16)12(15)9-18/h3-6,12-13,15-16,18H,7-9H2,1-2H3. The Hall–Kier alpha value is -0.750. The Labute approximate surface area is 114 Å². The molecule has 5 heteroatoms. The van der Waals surface area contributed by atoms with Crippen molar-refractivity contribution in [2.75, 3.05) is 33.0 Å². The van der Waals surface area contributed by atoms with Crippen LogP contribution < -0.4 is 4.74 Å². The van der Waals surface area contributed by atoms with Crippen molar-refractivity contribution in [2.45, 2.75) is 12.2 Å². The minimum absolute atomic E-state index is 0.224. The van der Waals surface area contributed by atoms with Gasteiger partial charge in [0.1, 0.15) is 18.5 Å². The van der Waals surface area contributed by atoms with Gasteiger partial charge in [-0.1, -0.05) is 12.1 Å². The molecule has 0 fully saturated rings. The van der Waals surface area contributed by atoms with Gasteiger partial charge in [0, 0.05) is 12.3 Å². The smallest absolute Gasteiger partial charge is 0.119 e. The summed E-state index contributed by atoms with van der Waals surface area (Å²) >= 11 is 3.95. The van der Waals surface area contributed by atoms with Crippen LogP contribution in [0.5, 0.6) is 5.75 Å². The molecule has 0 aliphatic rings. The molecule has 0 amide bonds. The van der Waals surface area contributed by atoms with E-state index in [0.29, 0.717) is 12.2 Å². The molecule has 0 aromatic heterocycles. The van der Waals surface area contributed by atoms with Gasteiger partial charge in [0.2, 0.25) is 0 Å². The molecule has 0 spiro atoms. The van der Waals surface area contributed by atoms with Gasteiger partial charge in [-0.25, -0.2) is 0 Å². The lowest BCUT2D eigenvalue weighted by atomic mass is 10.1. The summed E-state index contributed by atoms with van der Waals surface area (Å²) in [7, 11) is 3.98. The predicted octanol–water partition coefficient (Wildman–Crippen LogP) is 0.951. The van der Waals surface area contributed by atoms with Gasteiger partial charge in [-0.3, -0.25) is 0 Å². The normalized spacial score (nSPS) is 14.6. The van der Waals surface area contributed by atoms with E-state index >= 15 is 0 Å². The Kier molecular flexibility index (Phi) is 6.49. The van der Waals surface area contributed by atoms with Gasteiger partial charge in [0.25, 0.3) is 0 Å². The molecule has 4 nitrogen and oxygen atoms in total. The van der Waals surface area contributed by atoms with E-state index in [-0.39, 0.29) is 5.75 Å². The van der Waals surface area contributed by atoms with E-state index in [4.69, 9.17) is 4.74 Å². The molecule has 0 bridgehead atoms. The quantitative estimate of drug-likeness (QED) is 0.646. The van der Waals surface area contributed by atoms with Gasteiger partial charge in [0.15, 0.2) is 0 Å². The molecule has 1 aromatic rings. The lowest BCUT2D eigenvalue weighted by Crippen LogP contribution is -2.20. The first kappa shape index (κ1) is 15.3. The number of benzene rings is 1. The average molecular weight is 271 g/mol. The van der Waals surface area contributed by atoms with Crippen LogP contribution in [0.1, 0.15) is 11.7 Å². The van der Waals surface area contributed by atoms with Crippen LogP contribution in [0.25, 0.3) is 0 Å². The van der Waals surface area contributed by atoms with Gasteiger partial charge >= 0.3 is 0 Å². The van der Waals surface area contributed by atoms with Crippen molar-refractivity contribution in [3.63, 3.8) is 0 Å².